The normalized spacial score (nSPS) is 12.7. The summed E-state index contributed by atoms with van der Waals surface area (Å²) in [5.74, 6) is -0.0654. The summed E-state index contributed by atoms with van der Waals surface area (Å²) in [6, 6.07) is 16.6. The fourth-order valence-corrected chi connectivity index (χ4v) is 2.99. The average Bonchev–Trinajstić information content (AvgIpc) is 2.64. The van der Waals surface area contributed by atoms with Crippen LogP contribution in [0.5, 0.6) is 5.75 Å². The maximum atomic E-state index is 12.2. The third kappa shape index (κ3) is 6.11. The van der Waals surface area contributed by atoms with Crippen molar-refractivity contribution in [2.45, 2.75) is 37.0 Å². The predicted octanol–water partition coefficient (Wildman–Crippen LogP) is 4.14. The van der Waals surface area contributed by atoms with Gasteiger partial charge >= 0.3 is 5.97 Å². The first-order valence-corrected chi connectivity index (χ1v) is 9.33. The fraction of sp³-hybridized carbons (Fsp3) is 0.300. The zero-order valence-corrected chi connectivity index (χ0v) is 15.9. The van der Waals surface area contributed by atoms with Crippen molar-refractivity contribution >= 4 is 29.3 Å². The number of rotatable bonds is 8. The fourth-order valence-electron chi connectivity index (χ4n) is 2.12. The van der Waals surface area contributed by atoms with Crippen LogP contribution in [0.4, 0.5) is 5.69 Å². The van der Waals surface area contributed by atoms with E-state index in [1.165, 1.54) is 11.8 Å². The van der Waals surface area contributed by atoms with Crippen LogP contribution >= 0.6 is 11.8 Å². The molecule has 6 heteroatoms. The second-order valence-electron chi connectivity index (χ2n) is 5.60. The molecule has 26 heavy (non-hydrogen) atoms. The van der Waals surface area contributed by atoms with Gasteiger partial charge in [-0.3, -0.25) is 9.59 Å². The van der Waals surface area contributed by atoms with Gasteiger partial charge in [0.25, 0.3) is 5.91 Å². The smallest absolute Gasteiger partial charge is 0.319 e. The molecule has 0 saturated carbocycles. The Bertz CT molecular complexity index is 718. The van der Waals surface area contributed by atoms with Gasteiger partial charge in [0.05, 0.1) is 6.61 Å². The van der Waals surface area contributed by atoms with E-state index in [4.69, 9.17) is 9.47 Å². The van der Waals surface area contributed by atoms with Crippen LogP contribution in [-0.4, -0.2) is 29.8 Å². The van der Waals surface area contributed by atoms with Gasteiger partial charge in [-0.2, -0.15) is 0 Å². The van der Waals surface area contributed by atoms with E-state index in [-0.39, 0.29) is 5.91 Å². The van der Waals surface area contributed by atoms with Crippen molar-refractivity contribution in [3.63, 3.8) is 0 Å². The number of hydrogen-bond acceptors (Lipinski definition) is 5. The zero-order chi connectivity index (χ0) is 18.9. The van der Waals surface area contributed by atoms with Crippen molar-refractivity contribution in [1.29, 1.82) is 0 Å². The molecule has 138 valence electrons. The molecule has 0 aliphatic heterocycles. The summed E-state index contributed by atoms with van der Waals surface area (Å²) in [6.07, 6.45) is -0.882. The van der Waals surface area contributed by atoms with Crippen molar-refractivity contribution in [3.8, 4) is 5.75 Å². The third-order valence-corrected chi connectivity index (χ3v) is 4.57. The van der Waals surface area contributed by atoms with Crippen LogP contribution in [0.15, 0.2) is 59.5 Å². The van der Waals surface area contributed by atoms with E-state index in [1.807, 2.05) is 37.3 Å². The summed E-state index contributed by atoms with van der Waals surface area (Å²) in [6.45, 7) is 5.81. The summed E-state index contributed by atoms with van der Waals surface area (Å²) < 4.78 is 10.6. The van der Waals surface area contributed by atoms with Gasteiger partial charge in [0, 0.05) is 10.6 Å². The van der Waals surface area contributed by atoms with E-state index < -0.39 is 17.3 Å². The lowest BCUT2D eigenvalue weighted by molar-refractivity contribution is -0.152. The minimum atomic E-state index is -0.882. The number of carbonyl (C=O) groups is 2. The maximum absolute atomic E-state index is 12.2. The Morgan fingerprint density at radius 2 is 1.69 bits per heavy atom. The number of nitrogens with one attached hydrogen (secondary N) is 1. The molecule has 2 atom stereocenters. The van der Waals surface area contributed by atoms with Crippen molar-refractivity contribution in [3.05, 3.63) is 54.6 Å². The quantitative estimate of drug-likeness (QED) is 0.557. The molecule has 0 aliphatic carbocycles. The third-order valence-electron chi connectivity index (χ3n) is 3.48. The first kappa shape index (κ1) is 19.8. The summed E-state index contributed by atoms with van der Waals surface area (Å²) in [4.78, 5) is 25.4. The number of esters is 1. The molecule has 2 aromatic carbocycles. The molecule has 0 radical (unpaired) electrons. The van der Waals surface area contributed by atoms with Gasteiger partial charge in [-0.05, 0) is 57.2 Å². The molecule has 0 aliphatic rings. The van der Waals surface area contributed by atoms with Gasteiger partial charge in [-0.1, -0.05) is 18.2 Å². The highest BCUT2D eigenvalue weighted by Gasteiger charge is 2.22. The van der Waals surface area contributed by atoms with Crippen LogP contribution in [0.1, 0.15) is 20.8 Å². The Balaban J connectivity index is 1.84. The molecule has 0 spiro atoms. The van der Waals surface area contributed by atoms with Crippen molar-refractivity contribution in [1.82, 2.24) is 0 Å². The zero-order valence-electron chi connectivity index (χ0n) is 15.1. The summed E-state index contributed by atoms with van der Waals surface area (Å²) in [7, 11) is 0. The van der Waals surface area contributed by atoms with E-state index in [9.17, 15) is 9.59 Å². The lowest BCUT2D eigenvalue weighted by Gasteiger charge is -2.16. The van der Waals surface area contributed by atoms with Crippen molar-refractivity contribution < 1.29 is 19.1 Å². The Labute approximate surface area is 158 Å². The second-order valence-corrected chi connectivity index (χ2v) is 7.01. The largest absolute Gasteiger partial charge is 0.494 e. The standard InChI is InChI=1S/C20H23NO4S/c1-4-24-17-12-10-16(11-13-17)21-19(22)14(2)25-20(23)15(3)26-18-8-6-5-7-9-18/h5-15H,4H2,1-3H3,(H,21,22)/t14-,15-/m0/s1. The van der Waals surface area contributed by atoms with E-state index >= 15 is 0 Å². The molecule has 0 saturated heterocycles. The van der Waals surface area contributed by atoms with Crippen LogP contribution < -0.4 is 10.1 Å². The number of hydrogen-bond donors (Lipinski definition) is 1. The van der Waals surface area contributed by atoms with Crippen LogP contribution in [0.2, 0.25) is 0 Å². The molecule has 2 aromatic rings. The Kier molecular flexibility index (Phi) is 7.53. The first-order valence-electron chi connectivity index (χ1n) is 8.45. The number of carbonyl (C=O) groups excluding carboxylic acids is 2. The predicted molar refractivity (Wildman–Crippen MR) is 104 cm³/mol. The van der Waals surface area contributed by atoms with Crippen LogP contribution in [0, 0.1) is 0 Å². The second kappa shape index (κ2) is 9.87. The molecule has 0 unspecified atom stereocenters. The molecule has 0 aromatic heterocycles. The van der Waals surface area contributed by atoms with Crippen LogP contribution in [0.25, 0.3) is 0 Å². The molecule has 0 bridgehead atoms. The Morgan fingerprint density at radius 1 is 1.04 bits per heavy atom. The molecule has 2 rings (SSSR count). The summed E-state index contributed by atoms with van der Waals surface area (Å²) in [5, 5.41) is 2.32. The lowest BCUT2D eigenvalue weighted by Crippen LogP contribution is -2.32. The Hall–Kier alpha value is -2.47. The lowest BCUT2D eigenvalue weighted by atomic mass is 10.3. The van der Waals surface area contributed by atoms with E-state index in [0.29, 0.717) is 12.3 Å². The number of anilines is 1. The molecular weight excluding hydrogens is 350 g/mol. The Morgan fingerprint density at radius 3 is 2.31 bits per heavy atom. The average molecular weight is 373 g/mol. The van der Waals surface area contributed by atoms with Gasteiger partial charge in [0.2, 0.25) is 0 Å². The van der Waals surface area contributed by atoms with Gasteiger partial charge < -0.3 is 14.8 Å². The SMILES string of the molecule is CCOc1ccc(NC(=O)[C@H](C)OC(=O)[C@H](C)Sc2ccccc2)cc1. The molecule has 0 heterocycles. The van der Waals surface area contributed by atoms with E-state index in [1.54, 1.807) is 38.1 Å². The van der Waals surface area contributed by atoms with Gasteiger partial charge in [0.1, 0.15) is 11.0 Å². The van der Waals surface area contributed by atoms with Gasteiger partial charge in [-0.15, -0.1) is 11.8 Å². The van der Waals surface area contributed by atoms with Crippen molar-refractivity contribution in [2.24, 2.45) is 0 Å². The molecule has 5 nitrogen and oxygen atoms in total. The number of amides is 1. The van der Waals surface area contributed by atoms with E-state index in [2.05, 4.69) is 5.32 Å². The summed E-state index contributed by atoms with van der Waals surface area (Å²) in [5.41, 5.74) is 0.619. The van der Waals surface area contributed by atoms with Gasteiger partial charge in [-0.25, -0.2) is 0 Å². The van der Waals surface area contributed by atoms with Crippen LogP contribution in [-0.2, 0) is 14.3 Å². The van der Waals surface area contributed by atoms with E-state index in [0.717, 1.165) is 10.6 Å². The molecular formula is C20H23NO4S. The highest BCUT2D eigenvalue weighted by molar-refractivity contribution is 8.00. The maximum Gasteiger partial charge on any atom is 0.319 e. The van der Waals surface area contributed by atoms with Gasteiger partial charge in [0.15, 0.2) is 6.10 Å². The minimum absolute atomic E-state index is 0.376. The minimum Gasteiger partial charge on any atom is -0.494 e. The number of ether oxygens (including phenoxy) is 2. The first-order chi connectivity index (χ1) is 12.5. The monoisotopic (exact) mass is 373 g/mol. The topological polar surface area (TPSA) is 64.6 Å². The van der Waals surface area contributed by atoms with Crippen LogP contribution in [0.3, 0.4) is 0 Å². The summed E-state index contributed by atoms with van der Waals surface area (Å²) >= 11 is 1.40. The number of thioether (sulfide) groups is 1. The molecule has 1 amide bonds. The van der Waals surface area contributed by atoms with Crippen molar-refractivity contribution in [2.75, 3.05) is 11.9 Å². The molecule has 1 N–H and O–H groups in total. The highest BCUT2D eigenvalue weighted by atomic mass is 32.2. The number of benzene rings is 2. The highest BCUT2D eigenvalue weighted by Crippen LogP contribution is 2.24. The molecule has 0 fully saturated rings.